The second-order valence-electron chi connectivity index (χ2n) is 5.35. The van der Waals surface area contributed by atoms with Gasteiger partial charge in [0, 0.05) is 22.7 Å². The van der Waals surface area contributed by atoms with Crippen molar-refractivity contribution in [3.05, 3.63) is 65.4 Å². The normalized spacial score (nSPS) is 12.2. The molecule has 0 aliphatic carbocycles. The molecule has 24 heavy (non-hydrogen) atoms. The largest absolute Gasteiger partial charge is 0.418 e. The van der Waals surface area contributed by atoms with E-state index in [1.54, 1.807) is 6.20 Å². The predicted molar refractivity (Wildman–Crippen MR) is 90.3 cm³/mol. The van der Waals surface area contributed by atoms with Crippen molar-refractivity contribution >= 4 is 22.8 Å². The van der Waals surface area contributed by atoms with E-state index in [1.807, 2.05) is 18.2 Å². The molecule has 0 atom stereocenters. The van der Waals surface area contributed by atoms with Crippen LogP contribution in [-0.4, -0.2) is 11.2 Å². The number of aromatic nitrogens is 1. The third-order valence-corrected chi connectivity index (χ3v) is 3.84. The summed E-state index contributed by atoms with van der Waals surface area (Å²) in [6.07, 6.45) is -0.211. The van der Waals surface area contributed by atoms with E-state index < -0.39 is 11.7 Å². The zero-order valence-electron chi connectivity index (χ0n) is 13.0. The zero-order valence-corrected chi connectivity index (χ0v) is 13.0. The number of hydrazone groups is 1. The Labute approximate surface area is 137 Å². The number of aryl methyl sites for hydroxylation is 1. The fourth-order valence-electron chi connectivity index (χ4n) is 2.64. The number of hydrogen-bond donors (Lipinski definition) is 2. The molecule has 0 unspecified atom stereocenters. The van der Waals surface area contributed by atoms with Gasteiger partial charge in [-0.1, -0.05) is 37.3 Å². The lowest BCUT2D eigenvalue weighted by Crippen LogP contribution is -2.08. The summed E-state index contributed by atoms with van der Waals surface area (Å²) in [6.45, 7) is 2.07. The minimum atomic E-state index is -4.42. The first-order chi connectivity index (χ1) is 11.5. The highest BCUT2D eigenvalue weighted by Crippen LogP contribution is 2.34. The highest BCUT2D eigenvalue weighted by Gasteiger charge is 2.33. The molecule has 3 aromatic rings. The molecule has 2 N–H and O–H groups in total. The quantitative estimate of drug-likeness (QED) is 0.501. The molecule has 0 spiro atoms. The van der Waals surface area contributed by atoms with Crippen LogP contribution in [0.2, 0.25) is 0 Å². The van der Waals surface area contributed by atoms with Crippen LogP contribution in [0.1, 0.15) is 23.6 Å². The maximum atomic E-state index is 12.9. The van der Waals surface area contributed by atoms with Gasteiger partial charge in [-0.25, -0.2) is 0 Å². The number of nitrogens with one attached hydrogen (secondary N) is 2. The Hall–Kier alpha value is -2.76. The summed E-state index contributed by atoms with van der Waals surface area (Å²) in [6, 6.07) is 11.2. The van der Waals surface area contributed by atoms with E-state index in [1.165, 1.54) is 30.0 Å². The standard InChI is InChI=1S/C18H16F3N3/c1-2-12-6-5-7-14-13(10-22-17(12)14)11-23-24-16-9-4-3-8-15(16)18(19,20)21/h3-11,22,24H,2H2,1H3. The molecule has 1 heterocycles. The van der Waals surface area contributed by atoms with E-state index in [-0.39, 0.29) is 5.69 Å². The summed E-state index contributed by atoms with van der Waals surface area (Å²) >= 11 is 0. The number of halogens is 3. The van der Waals surface area contributed by atoms with Gasteiger partial charge in [-0.05, 0) is 24.1 Å². The number of H-pyrrole nitrogens is 1. The summed E-state index contributed by atoms with van der Waals surface area (Å²) in [7, 11) is 0. The van der Waals surface area contributed by atoms with Crippen LogP contribution in [0.3, 0.4) is 0 Å². The van der Waals surface area contributed by atoms with Gasteiger partial charge in [0.25, 0.3) is 0 Å². The van der Waals surface area contributed by atoms with Crippen molar-refractivity contribution in [1.82, 2.24) is 4.98 Å². The number of alkyl halides is 3. The zero-order chi connectivity index (χ0) is 17.2. The molecule has 0 saturated carbocycles. The van der Waals surface area contributed by atoms with E-state index >= 15 is 0 Å². The number of anilines is 1. The van der Waals surface area contributed by atoms with Crippen molar-refractivity contribution in [2.45, 2.75) is 19.5 Å². The minimum Gasteiger partial charge on any atom is -0.360 e. The van der Waals surface area contributed by atoms with E-state index in [4.69, 9.17) is 0 Å². The first-order valence-corrected chi connectivity index (χ1v) is 7.55. The summed E-state index contributed by atoms with van der Waals surface area (Å²) in [5.41, 5.74) is 4.70. The van der Waals surface area contributed by atoms with Crippen LogP contribution in [0.15, 0.2) is 53.8 Å². The monoisotopic (exact) mass is 331 g/mol. The summed E-state index contributed by atoms with van der Waals surface area (Å²) in [4.78, 5) is 3.19. The van der Waals surface area contributed by atoms with Gasteiger partial charge in [0.05, 0.1) is 17.5 Å². The molecular weight excluding hydrogens is 315 g/mol. The SMILES string of the molecule is CCc1cccc2c(C=NNc3ccccc3C(F)(F)F)c[nH]c12. The smallest absolute Gasteiger partial charge is 0.360 e. The lowest BCUT2D eigenvalue weighted by atomic mass is 10.1. The average Bonchev–Trinajstić information content (AvgIpc) is 2.98. The molecule has 2 aromatic carbocycles. The number of fused-ring (bicyclic) bond motifs is 1. The highest BCUT2D eigenvalue weighted by molar-refractivity contribution is 6.00. The van der Waals surface area contributed by atoms with Crippen molar-refractivity contribution in [2.24, 2.45) is 5.10 Å². The number of benzene rings is 2. The van der Waals surface area contributed by atoms with E-state index in [0.29, 0.717) is 0 Å². The van der Waals surface area contributed by atoms with Gasteiger partial charge in [-0.2, -0.15) is 18.3 Å². The summed E-state index contributed by atoms with van der Waals surface area (Å²) in [5.74, 6) is 0. The molecule has 0 saturated heterocycles. The molecule has 1 aromatic heterocycles. The molecule has 6 heteroatoms. The molecule has 0 aliphatic rings. The van der Waals surface area contributed by atoms with Crippen LogP contribution in [-0.2, 0) is 12.6 Å². The van der Waals surface area contributed by atoms with E-state index in [0.717, 1.165) is 29.0 Å². The van der Waals surface area contributed by atoms with Crippen molar-refractivity contribution in [3.8, 4) is 0 Å². The molecule has 0 aliphatic heterocycles. The van der Waals surface area contributed by atoms with Crippen LogP contribution < -0.4 is 5.43 Å². The first-order valence-electron chi connectivity index (χ1n) is 7.55. The Bertz CT molecular complexity index is 879. The van der Waals surface area contributed by atoms with Crippen LogP contribution in [0, 0.1) is 0 Å². The molecule has 0 radical (unpaired) electrons. The first kappa shape index (κ1) is 16.1. The maximum Gasteiger partial charge on any atom is 0.418 e. The second-order valence-corrected chi connectivity index (χ2v) is 5.35. The Kier molecular flexibility index (Phi) is 4.29. The fraction of sp³-hybridized carbons (Fsp3) is 0.167. The Morgan fingerprint density at radius 3 is 2.67 bits per heavy atom. The molecule has 124 valence electrons. The van der Waals surface area contributed by atoms with Crippen molar-refractivity contribution in [1.29, 1.82) is 0 Å². The van der Waals surface area contributed by atoms with Crippen molar-refractivity contribution < 1.29 is 13.2 Å². The van der Waals surface area contributed by atoms with Gasteiger partial charge in [0.15, 0.2) is 0 Å². The van der Waals surface area contributed by atoms with Crippen LogP contribution >= 0.6 is 0 Å². The van der Waals surface area contributed by atoms with Gasteiger partial charge in [0.2, 0.25) is 0 Å². The van der Waals surface area contributed by atoms with Crippen LogP contribution in [0.5, 0.6) is 0 Å². The predicted octanol–water partition coefficient (Wildman–Crippen LogP) is 5.20. The number of nitrogens with zero attached hydrogens (tertiary/aromatic N) is 1. The lowest BCUT2D eigenvalue weighted by molar-refractivity contribution is -0.136. The van der Waals surface area contributed by atoms with E-state index in [2.05, 4.69) is 22.4 Å². The highest BCUT2D eigenvalue weighted by atomic mass is 19.4. The van der Waals surface area contributed by atoms with Gasteiger partial charge in [0.1, 0.15) is 0 Å². The second kappa shape index (κ2) is 6.39. The molecule has 3 rings (SSSR count). The van der Waals surface area contributed by atoms with Gasteiger partial charge in [-0.3, -0.25) is 5.43 Å². The maximum absolute atomic E-state index is 12.9. The molecule has 3 nitrogen and oxygen atoms in total. The third kappa shape index (κ3) is 3.13. The van der Waals surface area contributed by atoms with Crippen molar-refractivity contribution in [3.63, 3.8) is 0 Å². The lowest BCUT2D eigenvalue weighted by Gasteiger charge is -2.11. The average molecular weight is 331 g/mol. The molecule has 0 amide bonds. The van der Waals surface area contributed by atoms with Gasteiger partial charge >= 0.3 is 6.18 Å². The number of aromatic amines is 1. The van der Waals surface area contributed by atoms with Gasteiger partial charge in [-0.15, -0.1) is 0 Å². The van der Waals surface area contributed by atoms with Crippen LogP contribution in [0.4, 0.5) is 18.9 Å². The summed E-state index contributed by atoms with van der Waals surface area (Å²) in [5, 5.41) is 4.96. The number of rotatable bonds is 4. The topological polar surface area (TPSA) is 40.2 Å². The van der Waals surface area contributed by atoms with Crippen LogP contribution in [0.25, 0.3) is 10.9 Å². The van der Waals surface area contributed by atoms with Crippen molar-refractivity contribution in [2.75, 3.05) is 5.43 Å². The number of para-hydroxylation sites is 2. The molecule has 0 fully saturated rings. The molecule has 0 bridgehead atoms. The van der Waals surface area contributed by atoms with E-state index in [9.17, 15) is 13.2 Å². The third-order valence-electron chi connectivity index (χ3n) is 3.84. The van der Waals surface area contributed by atoms with Gasteiger partial charge < -0.3 is 4.98 Å². The Balaban J connectivity index is 1.86. The minimum absolute atomic E-state index is 0.0738. The Morgan fingerprint density at radius 1 is 1.12 bits per heavy atom. The fourth-order valence-corrected chi connectivity index (χ4v) is 2.64. The number of hydrogen-bond acceptors (Lipinski definition) is 2. The Morgan fingerprint density at radius 2 is 1.92 bits per heavy atom. The summed E-state index contributed by atoms with van der Waals surface area (Å²) < 4.78 is 38.8. The molecular formula is C18H16F3N3.